The molecule has 120 valence electrons. The highest BCUT2D eigenvalue weighted by atomic mass is 32.2. The topological polar surface area (TPSA) is 110 Å². The highest BCUT2D eigenvalue weighted by molar-refractivity contribution is 8.03. The number of thioether (sulfide) groups is 1. The highest BCUT2D eigenvalue weighted by Gasteiger charge is 2.49. The summed E-state index contributed by atoms with van der Waals surface area (Å²) in [4.78, 5) is 24.4. The molecule has 1 fully saturated rings. The van der Waals surface area contributed by atoms with E-state index < -0.39 is 15.8 Å². The molecule has 0 aliphatic carbocycles. The van der Waals surface area contributed by atoms with Crippen molar-refractivity contribution in [1.29, 1.82) is 0 Å². The Balaban J connectivity index is 1.61. The third-order valence-electron chi connectivity index (χ3n) is 3.92. The van der Waals surface area contributed by atoms with Crippen molar-refractivity contribution in [2.45, 2.75) is 17.7 Å². The molecule has 1 atom stereocenters. The Morgan fingerprint density at radius 2 is 2.26 bits per heavy atom. The van der Waals surface area contributed by atoms with E-state index in [1.165, 1.54) is 22.1 Å². The van der Waals surface area contributed by atoms with E-state index >= 15 is 0 Å². The summed E-state index contributed by atoms with van der Waals surface area (Å²) in [5.41, 5.74) is 1.58. The largest absolute Gasteiger partial charge is 0.477 e. The molecule has 1 aromatic rings. The lowest BCUT2D eigenvalue weighted by atomic mass is 10.0. The number of nitrogens with zero attached hydrogens (tertiary/aromatic N) is 3. The van der Waals surface area contributed by atoms with E-state index in [9.17, 15) is 18.0 Å². The molecule has 0 bridgehead atoms. The normalized spacial score (nSPS) is 26.5. The van der Waals surface area contributed by atoms with Crippen LogP contribution >= 0.6 is 11.8 Å². The molecule has 0 spiro atoms. The molecule has 1 saturated heterocycles. The van der Waals surface area contributed by atoms with E-state index in [4.69, 9.17) is 5.11 Å². The third kappa shape index (κ3) is 2.20. The Labute approximate surface area is 135 Å². The number of sulfone groups is 1. The SMILES string of the molecule is O=C(O)C1=CSC2/C(=C\c3cc4n(n3)CCS(=O)(=O)C4)C(=O)N12. The average molecular weight is 353 g/mol. The van der Waals surface area contributed by atoms with Gasteiger partial charge in [0.1, 0.15) is 11.1 Å². The summed E-state index contributed by atoms with van der Waals surface area (Å²) in [6.45, 7) is 0.309. The summed E-state index contributed by atoms with van der Waals surface area (Å²) < 4.78 is 24.9. The van der Waals surface area contributed by atoms with E-state index in [0.717, 1.165) is 0 Å². The molecule has 0 radical (unpaired) electrons. The van der Waals surface area contributed by atoms with Crippen molar-refractivity contribution in [2.24, 2.45) is 0 Å². The van der Waals surface area contributed by atoms with Crippen LogP contribution in [0.15, 0.2) is 22.7 Å². The zero-order chi connectivity index (χ0) is 16.4. The number of aryl methyl sites for hydroxylation is 1. The fourth-order valence-corrected chi connectivity index (χ4v) is 5.20. The van der Waals surface area contributed by atoms with Gasteiger partial charge in [0.05, 0.1) is 35.0 Å². The number of amides is 1. The minimum Gasteiger partial charge on any atom is -0.477 e. The van der Waals surface area contributed by atoms with Crippen LogP contribution in [0.2, 0.25) is 0 Å². The lowest BCUT2D eigenvalue weighted by molar-refractivity contribution is -0.141. The van der Waals surface area contributed by atoms with Gasteiger partial charge in [0.15, 0.2) is 9.84 Å². The maximum Gasteiger partial charge on any atom is 0.353 e. The number of carboxylic acid groups (broad SMARTS) is 1. The maximum absolute atomic E-state index is 12.1. The zero-order valence-electron chi connectivity index (χ0n) is 11.7. The van der Waals surface area contributed by atoms with Crippen molar-refractivity contribution in [3.8, 4) is 0 Å². The number of rotatable bonds is 2. The number of aromatic nitrogens is 2. The molecule has 23 heavy (non-hydrogen) atoms. The van der Waals surface area contributed by atoms with E-state index in [0.29, 0.717) is 23.5 Å². The summed E-state index contributed by atoms with van der Waals surface area (Å²) in [6, 6.07) is 1.66. The van der Waals surface area contributed by atoms with Gasteiger partial charge in [-0.25, -0.2) is 13.2 Å². The van der Waals surface area contributed by atoms with Gasteiger partial charge in [-0.05, 0) is 12.1 Å². The quantitative estimate of drug-likeness (QED) is 0.590. The first-order valence-electron chi connectivity index (χ1n) is 6.77. The van der Waals surface area contributed by atoms with Crippen LogP contribution in [-0.2, 0) is 31.7 Å². The molecule has 4 rings (SSSR count). The predicted molar refractivity (Wildman–Crippen MR) is 81.6 cm³/mol. The van der Waals surface area contributed by atoms with Gasteiger partial charge in [-0.1, -0.05) is 0 Å². The average Bonchev–Trinajstić information content (AvgIpc) is 3.04. The lowest BCUT2D eigenvalue weighted by Gasteiger charge is -2.36. The van der Waals surface area contributed by atoms with E-state index in [1.54, 1.807) is 16.8 Å². The molecular formula is C13H11N3O5S2. The van der Waals surface area contributed by atoms with Gasteiger partial charge >= 0.3 is 5.97 Å². The Hall–Kier alpha value is -2.07. The highest BCUT2D eigenvalue weighted by Crippen LogP contribution is 2.45. The molecule has 3 aliphatic rings. The summed E-state index contributed by atoms with van der Waals surface area (Å²) in [5.74, 6) is -1.47. The molecule has 10 heteroatoms. The number of β-lactam (4-membered cyclic amide) rings is 1. The second-order valence-corrected chi connectivity index (χ2v) is 8.59. The first-order chi connectivity index (χ1) is 10.9. The molecule has 3 aliphatic heterocycles. The van der Waals surface area contributed by atoms with Crippen LogP contribution in [0, 0.1) is 0 Å². The third-order valence-corrected chi connectivity index (χ3v) is 6.54. The van der Waals surface area contributed by atoms with Crippen LogP contribution in [0.3, 0.4) is 0 Å². The number of hydrogen-bond acceptors (Lipinski definition) is 6. The second-order valence-electron chi connectivity index (χ2n) is 5.45. The van der Waals surface area contributed by atoms with Gasteiger partial charge < -0.3 is 5.11 Å². The predicted octanol–water partition coefficient (Wildman–Crippen LogP) is 0.0360. The van der Waals surface area contributed by atoms with Crippen LogP contribution in [0.25, 0.3) is 6.08 Å². The first-order valence-corrected chi connectivity index (χ1v) is 9.53. The standard InChI is InChI=1S/C13H11N3O5S2/c17-11-9(12-16(11)10(5-22-12)13(18)19)4-7-3-8-6-23(20,21)2-1-15(8)14-7/h3-5,12H,1-2,6H2,(H,18,19)/b9-4-. The van der Waals surface area contributed by atoms with Gasteiger partial charge in [0.25, 0.3) is 5.91 Å². The fraction of sp³-hybridized carbons (Fsp3) is 0.308. The number of fused-ring (bicyclic) bond motifs is 2. The van der Waals surface area contributed by atoms with Crippen LogP contribution in [0.1, 0.15) is 11.4 Å². The number of carboxylic acids is 1. The van der Waals surface area contributed by atoms with Crippen molar-refractivity contribution in [2.75, 3.05) is 5.75 Å². The van der Waals surface area contributed by atoms with Crippen LogP contribution < -0.4 is 0 Å². The van der Waals surface area contributed by atoms with Crippen molar-refractivity contribution < 1.29 is 23.1 Å². The Bertz CT molecular complexity index is 912. The smallest absolute Gasteiger partial charge is 0.353 e. The summed E-state index contributed by atoms with van der Waals surface area (Å²) in [5, 5.41) is 14.4. The van der Waals surface area contributed by atoms with Gasteiger partial charge in [-0.3, -0.25) is 14.4 Å². The van der Waals surface area contributed by atoms with Crippen molar-refractivity contribution in [3.05, 3.63) is 34.1 Å². The summed E-state index contributed by atoms with van der Waals surface area (Å²) >= 11 is 1.26. The Kier molecular flexibility index (Phi) is 2.97. The fourth-order valence-electron chi connectivity index (χ4n) is 2.81. The lowest BCUT2D eigenvalue weighted by Crippen LogP contribution is -2.51. The molecule has 8 nitrogen and oxygen atoms in total. The van der Waals surface area contributed by atoms with Crippen LogP contribution in [0.4, 0.5) is 0 Å². The van der Waals surface area contributed by atoms with Crippen LogP contribution in [0.5, 0.6) is 0 Å². The minimum absolute atomic E-state index is 0.0163. The molecule has 1 aromatic heterocycles. The molecule has 0 aromatic carbocycles. The van der Waals surface area contributed by atoms with Crippen LogP contribution in [-0.4, -0.2) is 51.2 Å². The summed E-state index contributed by atoms with van der Waals surface area (Å²) in [6.07, 6.45) is 1.60. The molecule has 1 amide bonds. The van der Waals surface area contributed by atoms with Crippen molar-refractivity contribution >= 4 is 39.6 Å². The zero-order valence-corrected chi connectivity index (χ0v) is 13.3. The molecular weight excluding hydrogens is 342 g/mol. The molecule has 0 saturated carbocycles. The Morgan fingerprint density at radius 1 is 1.48 bits per heavy atom. The molecule has 4 heterocycles. The molecule has 1 N–H and O–H groups in total. The number of carbonyl (C=O) groups excluding carboxylic acids is 1. The Morgan fingerprint density at radius 3 is 3.00 bits per heavy atom. The summed E-state index contributed by atoms with van der Waals surface area (Å²) in [7, 11) is -3.08. The first kappa shape index (κ1) is 14.5. The van der Waals surface area contributed by atoms with Gasteiger partial charge in [-0.15, -0.1) is 11.8 Å². The monoisotopic (exact) mass is 353 g/mol. The number of aliphatic carboxylic acids is 1. The van der Waals surface area contributed by atoms with Gasteiger partial charge in [0.2, 0.25) is 0 Å². The van der Waals surface area contributed by atoms with E-state index in [-0.39, 0.29) is 28.5 Å². The van der Waals surface area contributed by atoms with E-state index in [2.05, 4.69) is 5.10 Å². The van der Waals surface area contributed by atoms with Gasteiger partial charge in [-0.2, -0.15) is 5.10 Å². The van der Waals surface area contributed by atoms with Gasteiger partial charge in [0, 0.05) is 5.41 Å². The number of hydrogen-bond donors (Lipinski definition) is 1. The minimum atomic E-state index is -3.08. The second kappa shape index (κ2) is 4.71. The molecule has 1 unspecified atom stereocenters. The maximum atomic E-state index is 12.1. The van der Waals surface area contributed by atoms with Crippen molar-refractivity contribution in [3.63, 3.8) is 0 Å². The van der Waals surface area contributed by atoms with E-state index in [1.807, 2.05) is 0 Å². The van der Waals surface area contributed by atoms with Crippen molar-refractivity contribution in [1.82, 2.24) is 14.7 Å². The number of carbonyl (C=O) groups is 2.